The molecule has 0 spiro atoms. The van der Waals surface area contributed by atoms with Gasteiger partial charge in [-0.15, -0.1) is 0 Å². The van der Waals surface area contributed by atoms with Gasteiger partial charge in [-0.2, -0.15) is 0 Å². The lowest BCUT2D eigenvalue weighted by Crippen LogP contribution is -2.17. The van der Waals surface area contributed by atoms with Crippen molar-refractivity contribution in [2.24, 2.45) is 5.41 Å². The van der Waals surface area contributed by atoms with Gasteiger partial charge in [0.05, 0.1) is 4.92 Å². The molecule has 108 valence electrons. The van der Waals surface area contributed by atoms with Crippen LogP contribution in [0.4, 0.5) is 0 Å². The molecule has 1 aliphatic carbocycles. The van der Waals surface area contributed by atoms with E-state index in [0.717, 1.165) is 5.56 Å². The first-order chi connectivity index (χ1) is 9.89. The highest BCUT2D eigenvalue weighted by molar-refractivity contribution is 5.39. The second kappa shape index (κ2) is 5.84. The van der Waals surface area contributed by atoms with E-state index in [0.29, 0.717) is 5.57 Å². The molecule has 0 amide bonds. The minimum Gasteiger partial charge on any atom is -0.475 e. The molecule has 4 nitrogen and oxygen atoms in total. The van der Waals surface area contributed by atoms with Crippen LogP contribution in [0.5, 0.6) is 0 Å². The van der Waals surface area contributed by atoms with E-state index in [1.54, 1.807) is 6.08 Å². The van der Waals surface area contributed by atoms with E-state index in [4.69, 9.17) is 4.74 Å². The van der Waals surface area contributed by atoms with Gasteiger partial charge in [-0.05, 0) is 22.8 Å². The van der Waals surface area contributed by atoms with Gasteiger partial charge < -0.3 is 4.74 Å². The maximum Gasteiger partial charge on any atom is 0.324 e. The molecule has 21 heavy (non-hydrogen) atoms. The minimum absolute atomic E-state index is 0.0304. The Bertz CT molecular complexity index is 680. The largest absolute Gasteiger partial charge is 0.475 e. The Kier molecular flexibility index (Phi) is 4.13. The Morgan fingerprint density at radius 3 is 2.48 bits per heavy atom. The first-order valence-electron chi connectivity index (χ1n) is 6.67. The highest BCUT2D eigenvalue weighted by Gasteiger charge is 2.32. The van der Waals surface area contributed by atoms with Crippen molar-refractivity contribution < 1.29 is 9.66 Å². The number of rotatable bonds is 4. The van der Waals surface area contributed by atoms with E-state index in [1.807, 2.05) is 51.1 Å². The molecule has 1 aromatic rings. The summed E-state index contributed by atoms with van der Waals surface area (Å²) in [6.07, 6.45) is 1.60. The van der Waals surface area contributed by atoms with Crippen molar-refractivity contribution in [3.8, 4) is 0 Å². The zero-order valence-corrected chi connectivity index (χ0v) is 12.3. The molecule has 4 heteroatoms. The van der Waals surface area contributed by atoms with Crippen molar-refractivity contribution >= 4 is 0 Å². The fraction of sp³-hybridized carbons (Fsp3) is 0.294. The molecule has 0 saturated heterocycles. The maximum absolute atomic E-state index is 11.4. The van der Waals surface area contributed by atoms with Crippen LogP contribution in [0.25, 0.3) is 0 Å². The van der Waals surface area contributed by atoms with Crippen molar-refractivity contribution in [2.75, 3.05) is 0 Å². The summed E-state index contributed by atoms with van der Waals surface area (Å²) in [6.45, 7) is 6.03. The summed E-state index contributed by atoms with van der Waals surface area (Å²) < 4.78 is 5.59. The van der Waals surface area contributed by atoms with Gasteiger partial charge >= 0.3 is 5.70 Å². The predicted octanol–water partition coefficient (Wildman–Crippen LogP) is 3.99. The van der Waals surface area contributed by atoms with Gasteiger partial charge in [-0.3, -0.25) is 10.1 Å². The van der Waals surface area contributed by atoms with Crippen molar-refractivity contribution in [1.82, 2.24) is 0 Å². The van der Waals surface area contributed by atoms with Crippen molar-refractivity contribution in [3.05, 3.63) is 80.6 Å². The van der Waals surface area contributed by atoms with Crippen LogP contribution in [0, 0.1) is 15.5 Å². The molecule has 0 heterocycles. The maximum atomic E-state index is 11.4. The Hall–Kier alpha value is -2.54. The topological polar surface area (TPSA) is 52.4 Å². The van der Waals surface area contributed by atoms with Crippen LogP contribution in [-0.4, -0.2) is 4.92 Å². The number of benzene rings is 1. The van der Waals surface area contributed by atoms with Gasteiger partial charge in [-0.1, -0.05) is 56.8 Å². The van der Waals surface area contributed by atoms with E-state index in [1.165, 1.54) is 0 Å². The molecule has 1 aromatic carbocycles. The fourth-order valence-corrected chi connectivity index (χ4v) is 2.01. The van der Waals surface area contributed by atoms with E-state index < -0.39 is 4.92 Å². The van der Waals surface area contributed by atoms with Crippen LogP contribution in [0.2, 0.25) is 0 Å². The average molecular weight is 283 g/mol. The van der Waals surface area contributed by atoms with E-state index in [-0.39, 0.29) is 23.5 Å². The van der Waals surface area contributed by atoms with Crippen LogP contribution in [0.1, 0.15) is 26.3 Å². The van der Waals surface area contributed by atoms with Gasteiger partial charge in [0.25, 0.3) is 5.76 Å². The second-order valence-corrected chi connectivity index (χ2v) is 5.79. The third-order valence-electron chi connectivity index (χ3n) is 3.09. The molecule has 0 aromatic heterocycles. The molecule has 0 unspecified atom stereocenters. The molecule has 0 aliphatic heterocycles. The van der Waals surface area contributed by atoms with Gasteiger partial charge in [0.2, 0.25) is 0 Å². The van der Waals surface area contributed by atoms with E-state index in [2.05, 4.69) is 11.5 Å². The molecule has 2 rings (SSSR count). The third kappa shape index (κ3) is 3.51. The summed E-state index contributed by atoms with van der Waals surface area (Å²) >= 11 is 0. The molecule has 0 radical (unpaired) electrons. The smallest absolute Gasteiger partial charge is 0.324 e. The number of allylic oxidation sites excluding steroid dienone is 2. The quantitative estimate of drug-likeness (QED) is 0.477. The molecule has 0 N–H and O–H groups in total. The van der Waals surface area contributed by atoms with Gasteiger partial charge in [0.1, 0.15) is 6.61 Å². The molecule has 0 bridgehead atoms. The van der Waals surface area contributed by atoms with Crippen LogP contribution in [0.15, 0.2) is 64.9 Å². The molecule has 1 aliphatic rings. The zero-order valence-electron chi connectivity index (χ0n) is 12.3. The summed E-state index contributed by atoms with van der Waals surface area (Å²) in [6, 6.07) is 9.52. The van der Waals surface area contributed by atoms with E-state index >= 15 is 0 Å². The molecule has 0 fully saturated rings. The molecule has 0 saturated carbocycles. The summed E-state index contributed by atoms with van der Waals surface area (Å²) in [4.78, 5) is 11.0. The van der Waals surface area contributed by atoms with Crippen LogP contribution >= 0.6 is 0 Å². The summed E-state index contributed by atoms with van der Waals surface area (Å²) in [7, 11) is 0. The van der Waals surface area contributed by atoms with Crippen molar-refractivity contribution in [3.63, 3.8) is 0 Å². The average Bonchev–Trinajstić information content (AvgIpc) is 2.44. The fourth-order valence-electron chi connectivity index (χ4n) is 2.01. The van der Waals surface area contributed by atoms with Gasteiger partial charge in [-0.25, -0.2) is 0 Å². The molecular formula is C17H17NO3. The Morgan fingerprint density at radius 1 is 1.24 bits per heavy atom. The summed E-state index contributed by atoms with van der Waals surface area (Å²) in [5.41, 5.74) is 6.67. The Labute approximate surface area is 123 Å². The second-order valence-electron chi connectivity index (χ2n) is 5.79. The molecule has 0 atom stereocenters. The van der Waals surface area contributed by atoms with E-state index in [9.17, 15) is 10.1 Å². The summed E-state index contributed by atoms with van der Waals surface area (Å²) in [5.74, 6) is 0.135. The monoisotopic (exact) mass is 283 g/mol. The predicted molar refractivity (Wildman–Crippen MR) is 79.8 cm³/mol. The van der Waals surface area contributed by atoms with Gasteiger partial charge in [0, 0.05) is 5.57 Å². The highest BCUT2D eigenvalue weighted by Crippen LogP contribution is 2.33. The highest BCUT2D eigenvalue weighted by atomic mass is 16.6. The minimum atomic E-state index is -0.411. The zero-order chi connectivity index (χ0) is 15.5. The Morgan fingerprint density at radius 2 is 1.90 bits per heavy atom. The summed E-state index contributed by atoms with van der Waals surface area (Å²) in [5, 5.41) is 11.4. The molecular weight excluding hydrogens is 266 g/mol. The SMILES string of the molecule is CC(C)(C)C1=C([N+](=O)[O-])C(OCc2ccccc2)=C=C=C1. The number of ether oxygens (including phenoxy) is 1. The van der Waals surface area contributed by atoms with Gasteiger partial charge in [0.15, 0.2) is 0 Å². The van der Waals surface area contributed by atoms with Crippen molar-refractivity contribution in [1.29, 1.82) is 0 Å². The lowest BCUT2D eigenvalue weighted by atomic mass is 9.84. The number of nitrogens with zero attached hydrogens (tertiary/aromatic N) is 1. The number of hydrogen-bond donors (Lipinski definition) is 0. The van der Waals surface area contributed by atoms with Crippen LogP contribution < -0.4 is 0 Å². The first kappa shape index (κ1) is 14.9. The normalized spacial score (nSPS) is 14.1. The standard InChI is InChI=1S/C17H17NO3/c1-17(2,3)14-10-7-11-15(16(14)18(19)20)21-12-13-8-5-4-6-9-13/h4-6,8-10H,12H2,1-3H3. The lowest BCUT2D eigenvalue weighted by Gasteiger charge is -2.21. The van der Waals surface area contributed by atoms with Crippen molar-refractivity contribution in [2.45, 2.75) is 27.4 Å². The Balaban J connectivity index is 2.30. The first-order valence-corrected chi connectivity index (χ1v) is 6.67. The van der Waals surface area contributed by atoms with Crippen LogP contribution in [0.3, 0.4) is 0 Å². The number of nitro groups is 1. The number of hydrogen-bond acceptors (Lipinski definition) is 3. The third-order valence-corrected chi connectivity index (χ3v) is 3.09. The lowest BCUT2D eigenvalue weighted by molar-refractivity contribution is -0.426. The van der Waals surface area contributed by atoms with Crippen LogP contribution in [-0.2, 0) is 11.3 Å².